The number of hydrogen-bond acceptors (Lipinski definition) is 5. The molecule has 1 aliphatic heterocycles. The van der Waals surface area contributed by atoms with Crippen LogP contribution in [0, 0.1) is 18.3 Å². The molecule has 0 spiro atoms. The molecule has 1 amide bonds. The van der Waals surface area contributed by atoms with Crippen molar-refractivity contribution < 1.29 is 9.53 Å². The third-order valence-electron chi connectivity index (χ3n) is 4.26. The lowest BCUT2D eigenvalue weighted by molar-refractivity contribution is -0.121. The lowest BCUT2D eigenvalue weighted by atomic mass is 10.0. The molecule has 6 nitrogen and oxygen atoms in total. The summed E-state index contributed by atoms with van der Waals surface area (Å²) in [5.41, 5.74) is 0.580. The highest BCUT2D eigenvalue weighted by Gasteiger charge is 2.39. The molecule has 24 heavy (non-hydrogen) atoms. The van der Waals surface area contributed by atoms with Crippen LogP contribution >= 0.6 is 0 Å². The molecule has 0 unspecified atom stereocenters. The molecule has 1 saturated carbocycles. The van der Waals surface area contributed by atoms with Crippen molar-refractivity contribution in [2.24, 2.45) is 16.1 Å². The Hall–Kier alpha value is -2.42. The summed E-state index contributed by atoms with van der Waals surface area (Å²) in [4.78, 5) is 16.2. The molecule has 3 rings (SSSR count). The van der Waals surface area contributed by atoms with Crippen LogP contribution in [0.2, 0.25) is 0 Å². The summed E-state index contributed by atoms with van der Waals surface area (Å²) >= 11 is 0. The van der Waals surface area contributed by atoms with E-state index in [2.05, 4.69) is 26.4 Å². The van der Waals surface area contributed by atoms with Crippen molar-refractivity contribution in [3.63, 3.8) is 0 Å². The number of carbonyl (C=O) groups excluding carboxylic acids is 1. The number of aromatic nitrogens is 1. The van der Waals surface area contributed by atoms with Gasteiger partial charge in [0.1, 0.15) is 0 Å². The molecule has 126 valence electrons. The van der Waals surface area contributed by atoms with Gasteiger partial charge in [0.25, 0.3) is 0 Å². The number of nitrogens with zero attached hydrogens (tertiary/aromatic N) is 3. The molecule has 0 radical (unpaired) electrons. The Balaban J connectivity index is 1.38. The maximum Gasteiger partial charge on any atom is 0.220 e. The third kappa shape index (κ3) is 5.05. The summed E-state index contributed by atoms with van der Waals surface area (Å²) in [7, 11) is 0. The Kier molecular flexibility index (Phi) is 5.09. The maximum absolute atomic E-state index is 12.0. The zero-order valence-corrected chi connectivity index (χ0v) is 13.7. The molecule has 2 heterocycles. The Morgan fingerprint density at radius 1 is 1.42 bits per heavy atom. The Labute approximate surface area is 142 Å². The first-order valence-electron chi connectivity index (χ1n) is 8.41. The molecule has 0 atom stereocenters. The van der Waals surface area contributed by atoms with Gasteiger partial charge in [-0.1, -0.05) is 0 Å². The van der Waals surface area contributed by atoms with Crippen LogP contribution in [0.5, 0.6) is 5.88 Å². The van der Waals surface area contributed by atoms with Gasteiger partial charge < -0.3 is 10.1 Å². The van der Waals surface area contributed by atoms with Gasteiger partial charge in [-0.2, -0.15) is 10.2 Å². The summed E-state index contributed by atoms with van der Waals surface area (Å²) in [6.45, 7) is 1.20. The average molecular weight is 326 g/mol. The first kappa shape index (κ1) is 16.4. The summed E-state index contributed by atoms with van der Waals surface area (Å²) in [6, 6.07) is 3.76. The van der Waals surface area contributed by atoms with Gasteiger partial charge >= 0.3 is 0 Å². The van der Waals surface area contributed by atoms with Crippen LogP contribution in [0.25, 0.3) is 0 Å². The molecule has 6 heteroatoms. The maximum atomic E-state index is 12.0. The highest BCUT2D eigenvalue weighted by molar-refractivity contribution is 5.76. The number of hydrogen-bond donors (Lipinski definition) is 1. The fourth-order valence-corrected chi connectivity index (χ4v) is 2.40. The van der Waals surface area contributed by atoms with E-state index in [0.717, 1.165) is 18.6 Å². The minimum Gasteiger partial charge on any atom is -0.477 e. The van der Waals surface area contributed by atoms with Gasteiger partial charge in [0.2, 0.25) is 11.8 Å². The summed E-state index contributed by atoms with van der Waals surface area (Å²) in [5.74, 6) is 3.89. The van der Waals surface area contributed by atoms with E-state index in [0.29, 0.717) is 37.6 Å². The highest BCUT2D eigenvalue weighted by Crippen LogP contribution is 2.37. The van der Waals surface area contributed by atoms with Gasteiger partial charge in [-0.05, 0) is 30.4 Å². The van der Waals surface area contributed by atoms with E-state index in [1.807, 2.05) is 12.1 Å². The predicted molar refractivity (Wildman–Crippen MR) is 89.2 cm³/mol. The number of terminal acetylenes is 1. The first-order valence-corrected chi connectivity index (χ1v) is 8.41. The summed E-state index contributed by atoms with van der Waals surface area (Å²) in [5, 5.41) is 11.0. The predicted octanol–water partition coefficient (Wildman–Crippen LogP) is 2.84. The van der Waals surface area contributed by atoms with Crippen LogP contribution in [-0.2, 0) is 11.3 Å². The Morgan fingerprint density at radius 2 is 2.25 bits per heavy atom. The molecule has 1 aromatic heterocycles. The molecule has 0 aromatic carbocycles. The lowest BCUT2D eigenvalue weighted by Crippen LogP contribution is -2.24. The van der Waals surface area contributed by atoms with E-state index in [1.165, 1.54) is 12.8 Å². The summed E-state index contributed by atoms with van der Waals surface area (Å²) < 4.78 is 5.65. The Morgan fingerprint density at radius 3 is 2.96 bits per heavy atom. The van der Waals surface area contributed by atoms with Crippen molar-refractivity contribution in [1.82, 2.24) is 10.3 Å². The van der Waals surface area contributed by atoms with E-state index in [-0.39, 0.29) is 5.91 Å². The van der Waals surface area contributed by atoms with Crippen molar-refractivity contribution in [2.75, 3.05) is 6.61 Å². The number of carbonyl (C=O) groups is 1. The molecular weight excluding hydrogens is 304 g/mol. The average Bonchev–Trinajstić information content (AvgIpc) is 3.51. The minimum atomic E-state index is -0.399. The molecule has 0 saturated heterocycles. The van der Waals surface area contributed by atoms with Crippen molar-refractivity contribution in [3.05, 3.63) is 23.9 Å². The largest absolute Gasteiger partial charge is 0.477 e. The van der Waals surface area contributed by atoms with Gasteiger partial charge in [0.05, 0.1) is 6.61 Å². The smallest absolute Gasteiger partial charge is 0.220 e. The number of rotatable bonds is 10. The number of pyridine rings is 1. The highest BCUT2D eigenvalue weighted by atomic mass is 16.5. The lowest BCUT2D eigenvalue weighted by Gasteiger charge is -2.10. The van der Waals surface area contributed by atoms with Gasteiger partial charge in [-0.3, -0.25) is 4.79 Å². The van der Waals surface area contributed by atoms with Crippen molar-refractivity contribution in [3.8, 4) is 18.2 Å². The van der Waals surface area contributed by atoms with Crippen molar-refractivity contribution in [2.45, 2.75) is 50.7 Å². The van der Waals surface area contributed by atoms with Crippen molar-refractivity contribution in [1.29, 1.82) is 0 Å². The van der Waals surface area contributed by atoms with Gasteiger partial charge in [-0.15, -0.1) is 12.3 Å². The fraction of sp³-hybridized carbons (Fsp3) is 0.556. The molecule has 1 aromatic rings. The zero-order valence-electron chi connectivity index (χ0n) is 13.7. The van der Waals surface area contributed by atoms with Gasteiger partial charge in [0.15, 0.2) is 5.66 Å². The van der Waals surface area contributed by atoms with Crippen LogP contribution in [-0.4, -0.2) is 23.2 Å². The number of amides is 1. The quantitative estimate of drug-likeness (QED) is 0.672. The van der Waals surface area contributed by atoms with E-state index in [1.54, 1.807) is 6.20 Å². The topological polar surface area (TPSA) is 75.9 Å². The number of nitrogens with one attached hydrogen (secondary N) is 1. The second kappa shape index (κ2) is 7.43. The minimum absolute atomic E-state index is 0.00959. The Bertz CT molecular complexity index is 655. The molecule has 0 bridgehead atoms. The second-order valence-electron chi connectivity index (χ2n) is 6.42. The van der Waals surface area contributed by atoms with E-state index in [9.17, 15) is 4.79 Å². The van der Waals surface area contributed by atoms with Crippen LogP contribution < -0.4 is 10.1 Å². The van der Waals surface area contributed by atoms with Crippen molar-refractivity contribution >= 4 is 5.91 Å². The van der Waals surface area contributed by atoms with Crippen LogP contribution in [0.1, 0.15) is 44.1 Å². The van der Waals surface area contributed by atoms with E-state index < -0.39 is 5.66 Å². The van der Waals surface area contributed by atoms with Crippen LogP contribution in [0.4, 0.5) is 0 Å². The SMILES string of the molecule is C#CCCC1(CCC(=O)NCc2ccnc(OCC3CC3)c2)N=N1. The number of ether oxygens (including phenoxy) is 1. The molecule has 1 fully saturated rings. The van der Waals surface area contributed by atoms with E-state index >= 15 is 0 Å². The molecule has 1 N–H and O–H groups in total. The van der Waals surface area contributed by atoms with E-state index in [4.69, 9.17) is 11.2 Å². The zero-order chi connectivity index (χ0) is 16.8. The second-order valence-corrected chi connectivity index (χ2v) is 6.42. The van der Waals surface area contributed by atoms with Gasteiger partial charge in [-0.25, -0.2) is 4.98 Å². The molecule has 1 aliphatic carbocycles. The molecular formula is C18H22N4O2. The van der Waals surface area contributed by atoms with Gasteiger partial charge in [0, 0.05) is 44.5 Å². The monoisotopic (exact) mass is 326 g/mol. The fourth-order valence-electron chi connectivity index (χ4n) is 2.40. The third-order valence-corrected chi connectivity index (χ3v) is 4.26. The van der Waals surface area contributed by atoms with Crippen LogP contribution in [0.15, 0.2) is 28.6 Å². The standard InChI is InChI=1S/C18H22N4O2/c1-2-3-8-18(21-22-18)9-6-16(23)20-12-15-7-10-19-17(11-15)24-13-14-4-5-14/h1,7,10-11,14H,3-6,8-9,12-13H2,(H,20,23). The first-order chi connectivity index (χ1) is 11.7. The van der Waals surface area contributed by atoms with Crippen LogP contribution in [0.3, 0.4) is 0 Å². The normalized spacial score (nSPS) is 17.1. The summed E-state index contributed by atoms with van der Waals surface area (Å²) in [6.07, 6.45) is 11.8. The molecule has 2 aliphatic rings.